The van der Waals surface area contributed by atoms with Gasteiger partial charge in [-0.2, -0.15) is 0 Å². The van der Waals surface area contributed by atoms with Crippen LogP contribution in [0.25, 0.3) is 0 Å². The Morgan fingerprint density at radius 3 is 2.58 bits per heavy atom. The molecule has 1 N–H and O–H groups in total. The lowest BCUT2D eigenvalue weighted by Gasteiger charge is -2.06. The zero-order valence-electron chi connectivity index (χ0n) is 7.96. The highest BCUT2D eigenvalue weighted by Crippen LogP contribution is 2.13. The first-order valence-corrected chi connectivity index (χ1v) is 4.44. The van der Waals surface area contributed by atoms with Crippen molar-refractivity contribution in [2.24, 2.45) is 0 Å². The van der Waals surface area contributed by atoms with Crippen molar-refractivity contribution in [1.29, 1.82) is 0 Å². The summed E-state index contributed by atoms with van der Waals surface area (Å²) in [4.78, 5) is 4.28. The van der Waals surface area contributed by atoms with Crippen LogP contribution >= 0.6 is 0 Å². The van der Waals surface area contributed by atoms with Crippen LogP contribution in [-0.4, -0.2) is 11.5 Å². The van der Waals surface area contributed by atoms with Crippen LogP contribution < -0.4 is 5.32 Å². The smallest absolute Gasteiger partial charge is 0.125 e. The van der Waals surface area contributed by atoms with Crippen LogP contribution in [0.5, 0.6) is 0 Å². The summed E-state index contributed by atoms with van der Waals surface area (Å²) in [5.41, 5.74) is 1.29. The molecule has 2 heteroatoms. The van der Waals surface area contributed by atoms with Crippen LogP contribution in [0.4, 0.5) is 5.82 Å². The Hall–Kier alpha value is -1.05. The fourth-order valence-electron chi connectivity index (χ4n) is 1.03. The van der Waals surface area contributed by atoms with E-state index >= 15 is 0 Å². The van der Waals surface area contributed by atoms with Gasteiger partial charge in [-0.15, -0.1) is 0 Å². The number of hydrogen-bond acceptors (Lipinski definition) is 2. The van der Waals surface area contributed by atoms with Gasteiger partial charge in [0.25, 0.3) is 0 Å². The van der Waals surface area contributed by atoms with Gasteiger partial charge in [-0.25, -0.2) is 4.98 Å². The molecule has 1 heterocycles. The maximum Gasteiger partial charge on any atom is 0.125 e. The minimum absolute atomic E-state index is 0.563. The predicted octanol–water partition coefficient (Wildman–Crippen LogP) is 2.64. The zero-order valence-corrected chi connectivity index (χ0v) is 7.96. The molecule has 1 aromatic heterocycles. The van der Waals surface area contributed by atoms with Crippen molar-refractivity contribution in [3.05, 3.63) is 23.9 Å². The summed E-state index contributed by atoms with van der Waals surface area (Å²) in [5.74, 6) is 1.52. The minimum Gasteiger partial charge on any atom is -0.370 e. The SMILES string of the molecule is CCNc1ccc(C(C)C)cn1. The van der Waals surface area contributed by atoms with E-state index in [1.54, 1.807) is 0 Å². The van der Waals surface area contributed by atoms with Gasteiger partial charge in [-0.05, 0) is 24.5 Å². The van der Waals surface area contributed by atoms with Crippen molar-refractivity contribution in [1.82, 2.24) is 4.98 Å². The molecule has 0 aliphatic rings. The van der Waals surface area contributed by atoms with E-state index in [0.29, 0.717) is 5.92 Å². The van der Waals surface area contributed by atoms with Crippen molar-refractivity contribution in [2.45, 2.75) is 26.7 Å². The van der Waals surface area contributed by atoms with Gasteiger partial charge in [-0.3, -0.25) is 0 Å². The summed E-state index contributed by atoms with van der Waals surface area (Å²) in [6.07, 6.45) is 1.93. The monoisotopic (exact) mass is 164 g/mol. The van der Waals surface area contributed by atoms with E-state index in [9.17, 15) is 0 Å². The second kappa shape index (κ2) is 4.10. The molecule has 0 saturated heterocycles. The van der Waals surface area contributed by atoms with E-state index in [4.69, 9.17) is 0 Å². The Kier molecular flexibility index (Phi) is 3.09. The Balaban J connectivity index is 2.71. The Morgan fingerprint density at radius 1 is 1.42 bits per heavy atom. The number of rotatable bonds is 3. The van der Waals surface area contributed by atoms with Gasteiger partial charge in [0.2, 0.25) is 0 Å². The molecule has 0 aliphatic carbocycles. The summed E-state index contributed by atoms with van der Waals surface area (Å²) in [7, 11) is 0. The van der Waals surface area contributed by atoms with Gasteiger partial charge in [0, 0.05) is 12.7 Å². The molecule has 66 valence electrons. The predicted molar refractivity (Wildman–Crippen MR) is 52.5 cm³/mol. The van der Waals surface area contributed by atoms with Crippen LogP contribution in [0.3, 0.4) is 0 Å². The molecule has 0 saturated carbocycles. The first-order valence-electron chi connectivity index (χ1n) is 4.44. The lowest BCUT2D eigenvalue weighted by Crippen LogP contribution is -1.99. The minimum atomic E-state index is 0.563. The quantitative estimate of drug-likeness (QED) is 0.742. The fraction of sp³-hybridized carbons (Fsp3) is 0.500. The largest absolute Gasteiger partial charge is 0.370 e. The Labute approximate surface area is 74.0 Å². The molecule has 12 heavy (non-hydrogen) atoms. The molecule has 0 aromatic carbocycles. The summed E-state index contributed by atoms with van der Waals surface area (Å²) >= 11 is 0. The van der Waals surface area contributed by atoms with Crippen molar-refractivity contribution >= 4 is 5.82 Å². The molecule has 0 bridgehead atoms. The van der Waals surface area contributed by atoms with Gasteiger partial charge in [0.15, 0.2) is 0 Å². The molecule has 1 aromatic rings. The average Bonchev–Trinajstić information content (AvgIpc) is 2.06. The van der Waals surface area contributed by atoms with Gasteiger partial charge in [-0.1, -0.05) is 19.9 Å². The van der Waals surface area contributed by atoms with Crippen LogP contribution in [-0.2, 0) is 0 Å². The molecule has 2 nitrogen and oxygen atoms in total. The number of aromatic nitrogens is 1. The zero-order chi connectivity index (χ0) is 8.97. The number of anilines is 1. The fourth-order valence-corrected chi connectivity index (χ4v) is 1.03. The van der Waals surface area contributed by atoms with Crippen molar-refractivity contribution in [3.63, 3.8) is 0 Å². The van der Waals surface area contributed by atoms with Crippen LogP contribution in [0.1, 0.15) is 32.3 Å². The van der Waals surface area contributed by atoms with E-state index in [0.717, 1.165) is 12.4 Å². The van der Waals surface area contributed by atoms with E-state index in [2.05, 4.69) is 37.1 Å². The maximum absolute atomic E-state index is 4.28. The Morgan fingerprint density at radius 2 is 2.17 bits per heavy atom. The van der Waals surface area contributed by atoms with Crippen LogP contribution in [0, 0.1) is 0 Å². The summed E-state index contributed by atoms with van der Waals surface area (Å²) in [5, 5.41) is 3.16. The number of pyridine rings is 1. The average molecular weight is 164 g/mol. The van der Waals surface area contributed by atoms with Gasteiger partial charge in [0.1, 0.15) is 5.82 Å². The Bertz CT molecular complexity index is 226. The molecule has 0 unspecified atom stereocenters. The molecule has 0 spiro atoms. The highest BCUT2D eigenvalue weighted by molar-refractivity contribution is 5.35. The summed E-state index contributed by atoms with van der Waals surface area (Å²) in [6.45, 7) is 7.33. The van der Waals surface area contributed by atoms with Crippen LogP contribution in [0.2, 0.25) is 0 Å². The standard InChI is InChI=1S/C10H16N2/c1-4-11-10-6-5-9(7-12-10)8(2)3/h5-8H,4H2,1-3H3,(H,11,12). The number of hydrogen-bond donors (Lipinski definition) is 1. The van der Waals surface area contributed by atoms with Crippen molar-refractivity contribution < 1.29 is 0 Å². The molecule has 1 rings (SSSR count). The van der Waals surface area contributed by atoms with E-state index in [1.807, 2.05) is 12.3 Å². The third kappa shape index (κ3) is 2.22. The van der Waals surface area contributed by atoms with E-state index < -0.39 is 0 Å². The van der Waals surface area contributed by atoms with Crippen molar-refractivity contribution in [2.75, 3.05) is 11.9 Å². The third-order valence-corrected chi connectivity index (χ3v) is 1.81. The van der Waals surface area contributed by atoms with Crippen LogP contribution in [0.15, 0.2) is 18.3 Å². The molecular formula is C10H16N2. The topological polar surface area (TPSA) is 24.9 Å². The lowest BCUT2D eigenvalue weighted by atomic mass is 10.1. The molecular weight excluding hydrogens is 148 g/mol. The molecule has 0 atom stereocenters. The summed E-state index contributed by atoms with van der Waals surface area (Å²) in [6, 6.07) is 4.15. The van der Waals surface area contributed by atoms with Crippen molar-refractivity contribution in [3.8, 4) is 0 Å². The van der Waals surface area contributed by atoms with E-state index in [1.165, 1.54) is 5.56 Å². The highest BCUT2D eigenvalue weighted by Gasteiger charge is 1.98. The third-order valence-electron chi connectivity index (χ3n) is 1.81. The van der Waals surface area contributed by atoms with Gasteiger partial charge >= 0.3 is 0 Å². The number of nitrogens with zero attached hydrogens (tertiary/aromatic N) is 1. The van der Waals surface area contributed by atoms with Gasteiger partial charge < -0.3 is 5.32 Å². The van der Waals surface area contributed by atoms with E-state index in [-0.39, 0.29) is 0 Å². The molecule has 0 fully saturated rings. The summed E-state index contributed by atoms with van der Waals surface area (Å²) < 4.78 is 0. The highest BCUT2D eigenvalue weighted by atomic mass is 15.0. The first-order chi connectivity index (χ1) is 5.74. The second-order valence-electron chi connectivity index (χ2n) is 3.16. The maximum atomic E-state index is 4.28. The normalized spacial score (nSPS) is 10.3. The molecule has 0 aliphatic heterocycles. The molecule has 0 radical (unpaired) electrons. The first kappa shape index (κ1) is 9.04. The lowest BCUT2D eigenvalue weighted by molar-refractivity contribution is 0.858. The van der Waals surface area contributed by atoms with Gasteiger partial charge in [0.05, 0.1) is 0 Å². The number of nitrogens with one attached hydrogen (secondary N) is 1. The second-order valence-corrected chi connectivity index (χ2v) is 3.16. The molecule has 0 amide bonds.